The number of carbonyl (C=O) groups is 3. The third-order valence-electron chi connectivity index (χ3n) is 5.49. The predicted octanol–water partition coefficient (Wildman–Crippen LogP) is 2.70. The van der Waals surface area contributed by atoms with Crippen molar-refractivity contribution in [1.82, 2.24) is 4.90 Å². The second-order valence-electron chi connectivity index (χ2n) is 7.13. The van der Waals surface area contributed by atoms with E-state index in [0.29, 0.717) is 11.4 Å². The van der Waals surface area contributed by atoms with Crippen LogP contribution in [0.25, 0.3) is 0 Å². The highest BCUT2D eigenvalue weighted by Crippen LogP contribution is 2.39. The van der Waals surface area contributed by atoms with Gasteiger partial charge in [-0.25, -0.2) is 9.59 Å². The van der Waals surface area contributed by atoms with Gasteiger partial charge in [-0.1, -0.05) is 36.4 Å². The van der Waals surface area contributed by atoms with E-state index < -0.39 is 30.2 Å². The Labute approximate surface area is 179 Å². The highest BCUT2D eigenvalue weighted by atomic mass is 16.6. The summed E-state index contributed by atoms with van der Waals surface area (Å²) in [6.07, 6.45) is 2.29. The van der Waals surface area contributed by atoms with Crippen LogP contribution in [-0.2, 0) is 19.1 Å². The molecule has 2 fully saturated rings. The summed E-state index contributed by atoms with van der Waals surface area (Å²) in [5.41, 5.74) is 1.50. The Morgan fingerprint density at radius 1 is 1.06 bits per heavy atom. The van der Waals surface area contributed by atoms with E-state index in [9.17, 15) is 14.4 Å². The van der Waals surface area contributed by atoms with E-state index in [4.69, 9.17) is 9.47 Å². The maximum atomic E-state index is 13.2. The summed E-state index contributed by atoms with van der Waals surface area (Å²) in [5.74, 6) is -0.150. The molecule has 8 heteroatoms. The SMILES string of the molecule is COC(=O)/C=C/[C@H]1[C@H](N2C(=O)OC[C@@H]2c2ccccc2)C(=O)N1c1ccc(OC)cc1. The average Bonchev–Trinajstić information content (AvgIpc) is 3.18. The summed E-state index contributed by atoms with van der Waals surface area (Å²) in [6, 6.07) is 14.6. The van der Waals surface area contributed by atoms with Crippen LogP contribution in [0.5, 0.6) is 5.75 Å². The maximum Gasteiger partial charge on any atom is 0.411 e. The van der Waals surface area contributed by atoms with Crippen LogP contribution < -0.4 is 9.64 Å². The van der Waals surface area contributed by atoms with Gasteiger partial charge >= 0.3 is 12.1 Å². The van der Waals surface area contributed by atoms with Crippen LogP contribution in [0.2, 0.25) is 0 Å². The number of hydrogen-bond donors (Lipinski definition) is 0. The maximum absolute atomic E-state index is 13.2. The minimum atomic E-state index is -0.803. The van der Waals surface area contributed by atoms with Gasteiger partial charge in [0.15, 0.2) is 0 Å². The first-order valence-corrected chi connectivity index (χ1v) is 9.78. The van der Waals surface area contributed by atoms with Crippen molar-refractivity contribution in [2.24, 2.45) is 0 Å². The Bertz CT molecular complexity index is 1000. The quantitative estimate of drug-likeness (QED) is 0.404. The molecule has 0 radical (unpaired) electrons. The fourth-order valence-corrected chi connectivity index (χ4v) is 3.93. The normalized spacial score (nSPS) is 23.0. The van der Waals surface area contributed by atoms with E-state index >= 15 is 0 Å². The molecule has 160 valence electrons. The van der Waals surface area contributed by atoms with Crippen LogP contribution in [0, 0.1) is 0 Å². The number of hydrogen-bond acceptors (Lipinski definition) is 6. The van der Waals surface area contributed by atoms with Crippen molar-refractivity contribution in [3.05, 3.63) is 72.3 Å². The Kier molecular flexibility index (Phi) is 5.62. The predicted molar refractivity (Wildman–Crippen MR) is 112 cm³/mol. The lowest BCUT2D eigenvalue weighted by atomic mass is 9.90. The lowest BCUT2D eigenvalue weighted by Gasteiger charge is -2.49. The monoisotopic (exact) mass is 422 g/mol. The molecule has 0 N–H and O–H groups in total. The number of anilines is 1. The van der Waals surface area contributed by atoms with Crippen LogP contribution in [0.4, 0.5) is 10.5 Å². The number of cyclic esters (lactones) is 1. The zero-order valence-electron chi connectivity index (χ0n) is 17.1. The molecule has 0 unspecified atom stereocenters. The van der Waals surface area contributed by atoms with Crippen LogP contribution >= 0.6 is 0 Å². The van der Waals surface area contributed by atoms with Gasteiger partial charge in [0.05, 0.1) is 26.3 Å². The lowest BCUT2D eigenvalue weighted by Crippen LogP contribution is -2.71. The molecule has 4 rings (SSSR count). The Morgan fingerprint density at radius 3 is 2.42 bits per heavy atom. The number of ether oxygens (including phenoxy) is 3. The third kappa shape index (κ3) is 3.72. The van der Waals surface area contributed by atoms with Gasteiger partial charge in [-0.2, -0.15) is 0 Å². The molecule has 0 bridgehead atoms. The highest BCUT2D eigenvalue weighted by Gasteiger charge is 2.55. The standard InChI is InChI=1S/C23H22N2O6/c1-29-17-10-8-16(9-11-17)24-18(12-13-20(26)30-2)21(22(24)27)25-19(14-31-23(25)28)15-6-4-3-5-7-15/h3-13,18-19,21H,14H2,1-2H3/b13-12+/t18-,19+,21-/m0/s1. The van der Waals surface area contributed by atoms with E-state index in [-0.39, 0.29) is 12.5 Å². The third-order valence-corrected chi connectivity index (χ3v) is 5.49. The largest absolute Gasteiger partial charge is 0.497 e. The van der Waals surface area contributed by atoms with Crippen LogP contribution in [0.3, 0.4) is 0 Å². The molecule has 0 aromatic heterocycles. The van der Waals surface area contributed by atoms with Crippen LogP contribution in [0.15, 0.2) is 66.7 Å². The first-order valence-electron chi connectivity index (χ1n) is 9.78. The molecule has 2 aliphatic rings. The van der Waals surface area contributed by atoms with Gasteiger partial charge in [-0.3, -0.25) is 9.69 Å². The van der Waals surface area contributed by atoms with Crippen LogP contribution in [-0.4, -0.2) is 55.8 Å². The molecule has 0 aliphatic carbocycles. The molecule has 2 amide bonds. The highest BCUT2D eigenvalue weighted by molar-refractivity contribution is 6.08. The van der Waals surface area contributed by atoms with E-state index in [2.05, 4.69) is 4.74 Å². The van der Waals surface area contributed by atoms with Gasteiger partial charge in [0.1, 0.15) is 18.4 Å². The number of esters is 1. The fourth-order valence-electron chi connectivity index (χ4n) is 3.93. The molecule has 31 heavy (non-hydrogen) atoms. The van der Waals surface area contributed by atoms with Gasteiger partial charge < -0.3 is 19.1 Å². The van der Waals surface area contributed by atoms with Crippen molar-refractivity contribution in [2.75, 3.05) is 25.7 Å². The molecule has 0 saturated carbocycles. The fraction of sp³-hybridized carbons (Fsp3) is 0.261. The van der Waals surface area contributed by atoms with Gasteiger partial charge in [-0.15, -0.1) is 0 Å². The molecular weight excluding hydrogens is 400 g/mol. The topological polar surface area (TPSA) is 85.4 Å². The Balaban J connectivity index is 1.68. The van der Waals surface area contributed by atoms with Crippen molar-refractivity contribution < 1.29 is 28.6 Å². The van der Waals surface area contributed by atoms with Crippen molar-refractivity contribution in [3.63, 3.8) is 0 Å². The molecule has 2 aliphatic heterocycles. The smallest absolute Gasteiger partial charge is 0.411 e. The molecule has 0 spiro atoms. The number of carbonyl (C=O) groups excluding carboxylic acids is 3. The van der Waals surface area contributed by atoms with Crippen molar-refractivity contribution >= 4 is 23.7 Å². The molecule has 3 atom stereocenters. The van der Waals surface area contributed by atoms with E-state index in [1.54, 1.807) is 37.5 Å². The van der Waals surface area contributed by atoms with Crippen LogP contribution in [0.1, 0.15) is 11.6 Å². The van der Waals surface area contributed by atoms with Gasteiger partial charge in [0.2, 0.25) is 0 Å². The zero-order chi connectivity index (χ0) is 22.0. The first-order chi connectivity index (χ1) is 15.0. The lowest BCUT2D eigenvalue weighted by molar-refractivity contribution is -0.135. The minimum Gasteiger partial charge on any atom is -0.497 e. The number of rotatable bonds is 6. The molecule has 2 aromatic rings. The van der Waals surface area contributed by atoms with Gasteiger partial charge in [0, 0.05) is 11.8 Å². The second kappa shape index (κ2) is 8.51. The number of methoxy groups -OCH3 is 2. The number of benzene rings is 2. The molecular formula is C23H22N2O6. The second-order valence-corrected chi connectivity index (χ2v) is 7.13. The van der Waals surface area contributed by atoms with Crippen molar-refractivity contribution in [2.45, 2.75) is 18.1 Å². The Hall–Kier alpha value is -3.81. The van der Waals surface area contributed by atoms with E-state index in [0.717, 1.165) is 5.56 Å². The zero-order valence-corrected chi connectivity index (χ0v) is 17.1. The summed E-state index contributed by atoms with van der Waals surface area (Å²) < 4.78 is 15.2. The minimum absolute atomic E-state index is 0.155. The van der Waals surface area contributed by atoms with E-state index in [1.165, 1.54) is 23.0 Å². The number of β-lactam (4-membered cyclic amide) rings is 1. The molecule has 8 nitrogen and oxygen atoms in total. The summed E-state index contributed by atoms with van der Waals surface area (Å²) >= 11 is 0. The Morgan fingerprint density at radius 2 is 1.77 bits per heavy atom. The van der Waals surface area contributed by atoms with Crippen molar-refractivity contribution in [1.29, 1.82) is 0 Å². The van der Waals surface area contributed by atoms with Gasteiger partial charge in [0.25, 0.3) is 5.91 Å². The molecule has 2 saturated heterocycles. The van der Waals surface area contributed by atoms with Gasteiger partial charge in [-0.05, 0) is 29.8 Å². The summed E-state index contributed by atoms with van der Waals surface area (Å²) in [7, 11) is 2.84. The molecule has 2 aromatic carbocycles. The van der Waals surface area contributed by atoms with Crippen molar-refractivity contribution in [3.8, 4) is 5.75 Å². The molecule has 2 heterocycles. The summed E-state index contributed by atoms with van der Waals surface area (Å²) in [4.78, 5) is 40.6. The number of amides is 2. The van der Waals surface area contributed by atoms with E-state index in [1.807, 2.05) is 30.3 Å². The number of nitrogens with zero attached hydrogens (tertiary/aromatic N) is 2. The first kappa shape index (κ1) is 20.5. The summed E-state index contributed by atoms with van der Waals surface area (Å²) in [6.45, 7) is 0.155. The average molecular weight is 422 g/mol. The summed E-state index contributed by atoms with van der Waals surface area (Å²) in [5, 5.41) is 0.